The fraction of sp³-hybridized carbons (Fsp3) is 0.200. The maximum atomic E-state index is 13.2. The second kappa shape index (κ2) is 4.59. The summed E-state index contributed by atoms with van der Waals surface area (Å²) in [5, 5.41) is 10.6. The van der Waals surface area contributed by atoms with Crippen molar-refractivity contribution in [1.82, 2.24) is 15.5 Å². The summed E-state index contributed by atoms with van der Waals surface area (Å²) < 4.78 is 18.5. The van der Waals surface area contributed by atoms with Crippen LogP contribution in [0.2, 0.25) is 5.02 Å². The van der Waals surface area contributed by atoms with Gasteiger partial charge in [0.05, 0.1) is 11.6 Å². The predicted octanol–water partition coefficient (Wildman–Crippen LogP) is 2.25. The molecule has 0 aliphatic rings. The zero-order chi connectivity index (χ0) is 11.5. The molecule has 0 aliphatic carbocycles. The van der Waals surface area contributed by atoms with Crippen LogP contribution >= 0.6 is 11.6 Å². The Hall–Kier alpha value is -1.46. The molecule has 0 atom stereocenters. The number of halogens is 2. The minimum Gasteiger partial charge on any atom is -0.419 e. The quantitative estimate of drug-likeness (QED) is 0.896. The van der Waals surface area contributed by atoms with E-state index in [-0.39, 0.29) is 10.9 Å². The van der Waals surface area contributed by atoms with Gasteiger partial charge in [-0.05, 0) is 25.2 Å². The molecule has 0 radical (unpaired) electrons. The molecule has 1 N–H and O–H groups in total. The van der Waals surface area contributed by atoms with Crippen molar-refractivity contribution in [2.75, 3.05) is 7.05 Å². The van der Waals surface area contributed by atoms with E-state index in [0.717, 1.165) is 0 Å². The Bertz CT molecular complexity index is 501. The molecule has 0 aliphatic heterocycles. The van der Waals surface area contributed by atoms with Crippen molar-refractivity contribution in [3.63, 3.8) is 0 Å². The van der Waals surface area contributed by atoms with Gasteiger partial charge in [0, 0.05) is 5.56 Å². The number of hydrogen-bond acceptors (Lipinski definition) is 4. The summed E-state index contributed by atoms with van der Waals surface area (Å²) in [7, 11) is 1.77. The molecular formula is C10H9ClFN3O. The van der Waals surface area contributed by atoms with Gasteiger partial charge in [-0.15, -0.1) is 10.2 Å². The highest BCUT2D eigenvalue weighted by Crippen LogP contribution is 2.23. The van der Waals surface area contributed by atoms with Crippen LogP contribution in [-0.2, 0) is 6.54 Å². The fourth-order valence-electron chi connectivity index (χ4n) is 1.22. The number of benzene rings is 1. The SMILES string of the molecule is CNCc1nnc(-c2ccc(Cl)c(F)c2)o1. The molecule has 0 unspecified atom stereocenters. The third kappa shape index (κ3) is 2.20. The number of rotatable bonds is 3. The van der Waals surface area contributed by atoms with Gasteiger partial charge in [-0.3, -0.25) is 0 Å². The zero-order valence-corrected chi connectivity index (χ0v) is 9.25. The van der Waals surface area contributed by atoms with E-state index in [9.17, 15) is 4.39 Å². The Balaban J connectivity index is 2.31. The van der Waals surface area contributed by atoms with E-state index in [2.05, 4.69) is 15.5 Å². The molecule has 0 amide bonds. The average molecular weight is 242 g/mol. The third-order valence-corrected chi connectivity index (χ3v) is 2.27. The van der Waals surface area contributed by atoms with E-state index in [0.29, 0.717) is 18.0 Å². The molecule has 0 saturated heterocycles. The van der Waals surface area contributed by atoms with Crippen molar-refractivity contribution in [2.45, 2.75) is 6.54 Å². The van der Waals surface area contributed by atoms with Crippen LogP contribution in [0.3, 0.4) is 0 Å². The van der Waals surface area contributed by atoms with Crippen molar-refractivity contribution in [3.05, 3.63) is 34.9 Å². The number of nitrogens with one attached hydrogen (secondary N) is 1. The van der Waals surface area contributed by atoms with Gasteiger partial charge in [-0.2, -0.15) is 0 Å². The van der Waals surface area contributed by atoms with Crippen molar-refractivity contribution >= 4 is 11.6 Å². The first-order chi connectivity index (χ1) is 7.70. The van der Waals surface area contributed by atoms with E-state index in [4.69, 9.17) is 16.0 Å². The fourth-order valence-corrected chi connectivity index (χ4v) is 1.34. The topological polar surface area (TPSA) is 51.0 Å². The normalized spacial score (nSPS) is 10.7. The minimum atomic E-state index is -0.507. The summed E-state index contributed by atoms with van der Waals surface area (Å²) in [4.78, 5) is 0. The van der Waals surface area contributed by atoms with E-state index >= 15 is 0 Å². The molecule has 16 heavy (non-hydrogen) atoms. The van der Waals surface area contributed by atoms with Crippen LogP contribution < -0.4 is 5.32 Å². The van der Waals surface area contributed by atoms with E-state index in [1.165, 1.54) is 12.1 Å². The molecule has 0 spiro atoms. The monoisotopic (exact) mass is 241 g/mol. The second-order valence-electron chi connectivity index (χ2n) is 3.16. The van der Waals surface area contributed by atoms with Crippen LogP contribution in [0.4, 0.5) is 4.39 Å². The van der Waals surface area contributed by atoms with Crippen LogP contribution in [0.5, 0.6) is 0 Å². The van der Waals surface area contributed by atoms with E-state index in [1.54, 1.807) is 13.1 Å². The molecule has 84 valence electrons. The maximum Gasteiger partial charge on any atom is 0.247 e. The van der Waals surface area contributed by atoms with Gasteiger partial charge in [-0.1, -0.05) is 11.6 Å². The van der Waals surface area contributed by atoms with Crippen LogP contribution in [0.15, 0.2) is 22.6 Å². The summed E-state index contributed by atoms with van der Waals surface area (Å²) in [5.41, 5.74) is 0.511. The van der Waals surface area contributed by atoms with Gasteiger partial charge < -0.3 is 9.73 Å². The molecule has 0 bridgehead atoms. The van der Waals surface area contributed by atoms with Crippen LogP contribution in [0.1, 0.15) is 5.89 Å². The lowest BCUT2D eigenvalue weighted by Crippen LogP contribution is -2.04. The lowest BCUT2D eigenvalue weighted by molar-refractivity contribution is 0.490. The van der Waals surface area contributed by atoms with Crippen LogP contribution in [0.25, 0.3) is 11.5 Å². The standard InChI is InChI=1S/C10H9ClFN3O/c1-13-5-9-14-15-10(16-9)6-2-3-7(11)8(12)4-6/h2-4,13H,5H2,1H3. The van der Waals surface area contributed by atoms with Crippen LogP contribution in [-0.4, -0.2) is 17.2 Å². The molecule has 2 aromatic rings. The first-order valence-electron chi connectivity index (χ1n) is 4.63. The van der Waals surface area contributed by atoms with E-state index in [1.807, 2.05) is 0 Å². The van der Waals surface area contributed by atoms with Gasteiger partial charge in [0.25, 0.3) is 0 Å². The van der Waals surface area contributed by atoms with Crippen LogP contribution in [0, 0.1) is 5.82 Å². The Morgan fingerprint density at radius 3 is 2.94 bits per heavy atom. The number of hydrogen-bond donors (Lipinski definition) is 1. The summed E-state index contributed by atoms with van der Waals surface area (Å²) >= 11 is 5.57. The molecule has 1 aromatic carbocycles. The Kier molecular flexibility index (Phi) is 3.17. The highest BCUT2D eigenvalue weighted by molar-refractivity contribution is 6.30. The van der Waals surface area contributed by atoms with Crippen molar-refractivity contribution in [1.29, 1.82) is 0 Å². The lowest BCUT2D eigenvalue weighted by atomic mass is 10.2. The number of nitrogens with zero attached hydrogens (tertiary/aromatic N) is 2. The highest BCUT2D eigenvalue weighted by Gasteiger charge is 2.10. The molecule has 0 fully saturated rings. The summed E-state index contributed by atoms with van der Waals surface area (Å²) in [6.07, 6.45) is 0. The first-order valence-corrected chi connectivity index (χ1v) is 5.01. The van der Waals surface area contributed by atoms with E-state index < -0.39 is 5.82 Å². The zero-order valence-electron chi connectivity index (χ0n) is 8.50. The average Bonchev–Trinajstić information content (AvgIpc) is 2.71. The Morgan fingerprint density at radius 1 is 1.44 bits per heavy atom. The lowest BCUT2D eigenvalue weighted by Gasteiger charge is -1.96. The summed E-state index contributed by atoms with van der Waals surface area (Å²) in [5.74, 6) is 0.223. The maximum absolute atomic E-state index is 13.2. The minimum absolute atomic E-state index is 0.0683. The molecule has 1 aromatic heterocycles. The smallest absolute Gasteiger partial charge is 0.247 e. The molecule has 2 rings (SSSR count). The second-order valence-corrected chi connectivity index (χ2v) is 3.57. The van der Waals surface area contributed by atoms with Gasteiger partial charge >= 0.3 is 0 Å². The largest absolute Gasteiger partial charge is 0.419 e. The summed E-state index contributed by atoms with van der Waals surface area (Å²) in [6.45, 7) is 0.475. The Morgan fingerprint density at radius 2 is 2.25 bits per heavy atom. The van der Waals surface area contributed by atoms with Gasteiger partial charge in [0.15, 0.2) is 0 Å². The summed E-state index contributed by atoms with van der Waals surface area (Å²) in [6, 6.07) is 4.34. The van der Waals surface area contributed by atoms with Gasteiger partial charge in [0.2, 0.25) is 11.8 Å². The Labute approximate surface area is 96.4 Å². The predicted molar refractivity (Wildman–Crippen MR) is 57.5 cm³/mol. The molecule has 1 heterocycles. The van der Waals surface area contributed by atoms with Crippen molar-refractivity contribution < 1.29 is 8.81 Å². The van der Waals surface area contributed by atoms with Gasteiger partial charge in [-0.25, -0.2) is 4.39 Å². The molecule has 4 nitrogen and oxygen atoms in total. The molecule has 0 saturated carbocycles. The highest BCUT2D eigenvalue weighted by atomic mass is 35.5. The van der Waals surface area contributed by atoms with Crippen molar-refractivity contribution in [2.24, 2.45) is 0 Å². The van der Waals surface area contributed by atoms with Gasteiger partial charge in [0.1, 0.15) is 5.82 Å². The third-order valence-electron chi connectivity index (χ3n) is 1.96. The van der Waals surface area contributed by atoms with Crippen molar-refractivity contribution in [3.8, 4) is 11.5 Å². The molecular weight excluding hydrogens is 233 g/mol. The number of aromatic nitrogens is 2. The first kappa shape index (κ1) is 11.0. The molecule has 6 heteroatoms.